The van der Waals surface area contributed by atoms with E-state index < -0.39 is 0 Å². The van der Waals surface area contributed by atoms with Gasteiger partial charge in [0.05, 0.1) is 6.61 Å². The molecule has 0 amide bonds. The smallest absolute Gasteiger partial charge is 0.129 e. The predicted molar refractivity (Wildman–Crippen MR) is 98.6 cm³/mol. The maximum absolute atomic E-state index is 14.9. The number of benzene rings is 3. The Morgan fingerprint density at radius 3 is 2.08 bits per heavy atom. The molecular formula is C22H21FO2. The molecule has 128 valence electrons. The molecule has 0 aliphatic rings. The average molecular weight is 336 g/mol. The van der Waals surface area contributed by atoms with E-state index in [1.807, 2.05) is 66.7 Å². The molecular weight excluding hydrogens is 315 g/mol. The van der Waals surface area contributed by atoms with Crippen molar-refractivity contribution in [3.63, 3.8) is 0 Å². The molecule has 3 aromatic rings. The van der Waals surface area contributed by atoms with Gasteiger partial charge in [0.2, 0.25) is 0 Å². The van der Waals surface area contributed by atoms with E-state index in [0.717, 1.165) is 22.3 Å². The molecule has 0 aliphatic heterocycles. The normalized spacial score (nSPS) is 10.8. The van der Waals surface area contributed by atoms with Crippen LogP contribution in [0.5, 0.6) is 0 Å². The number of rotatable bonds is 7. The molecule has 0 saturated heterocycles. The minimum absolute atomic E-state index is 0.0704. The van der Waals surface area contributed by atoms with Crippen LogP contribution in [0.25, 0.3) is 22.3 Å². The Bertz CT molecular complexity index is 801. The molecule has 25 heavy (non-hydrogen) atoms. The van der Waals surface area contributed by atoms with Gasteiger partial charge in [-0.3, -0.25) is 0 Å². The summed E-state index contributed by atoms with van der Waals surface area (Å²) < 4.78 is 20.4. The van der Waals surface area contributed by atoms with Crippen LogP contribution in [0.4, 0.5) is 4.39 Å². The van der Waals surface area contributed by atoms with E-state index in [9.17, 15) is 4.39 Å². The van der Waals surface area contributed by atoms with Crippen molar-refractivity contribution in [3.05, 3.63) is 84.2 Å². The van der Waals surface area contributed by atoms with E-state index >= 15 is 0 Å². The summed E-state index contributed by atoms with van der Waals surface area (Å²) in [6, 6.07) is 23.1. The Hall–Kier alpha value is -2.49. The molecule has 0 radical (unpaired) electrons. The lowest BCUT2D eigenvalue weighted by atomic mass is 9.94. The number of hydrogen-bond acceptors (Lipinski definition) is 2. The van der Waals surface area contributed by atoms with E-state index in [1.54, 1.807) is 6.07 Å². The van der Waals surface area contributed by atoms with E-state index in [0.29, 0.717) is 18.6 Å². The van der Waals surface area contributed by atoms with Gasteiger partial charge in [-0.25, -0.2) is 4.39 Å². The molecule has 0 atom stereocenters. The van der Waals surface area contributed by atoms with Crippen LogP contribution in [0.15, 0.2) is 72.8 Å². The second-order valence-electron chi connectivity index (χ2n) is 5.85. The highest BCUT2D eigenvalue weighted by molar-refractivity contribution is 5.75. The lowest BCUT2D eigenvalue weighted by Crippen LogP contribution is -2.02. The van der Waals surface area contributed by atoms with Crippen LogP contribution in [0.1, 0.15) is 12.0 Å². The Labute approximate surface area is 147 Å². The standard InChI is InChI=1S/C22H21FO2/c23-22-15-19(17-8-3-1-4-9-17)14-20(18-10-5-2-6-11-18)21(22)16-25-13-7-12-24/h1-6,8-11,14-15,24H,7,12-13,16H2. The highest BCUT2D eigenvalue weighted by Crippen LogP contribution is 2.32. The van der Waals surface area contributed by atoms with Crippen molar-refractivity contribution < 1.29 is 14.2 Å². The topological polar surface area (TPSA) is 29.5 Å². The number of aliphatic hydroxyl groups excluding tert-OH is 1. The van der Waals surface area contributed by atoms with Crippen LogP contribution in [0, 0.1) is 5.82 Å². The number of ether oxygens (including phenoxy) is 1. The third-order valence-corrected chi connectivity index (χ3v) is 4.08. The minimum Gasteiger partial charge on any atom is -0.396 e. The van der Waals surface area contributed by atoms with Crippen molar-refractivity contribution >= 4 is 0 Å². The van der Waals surface area contributed by atoms with E-state index in [4.69, 9.17) is 9.84 Å². The van der Waals surface area contributed by atoms with Crippen LogP contribution >= 0.6 is 0 Å². The molecule has 3 aromatic carbocycles. The van der Waals surface area contributed by atoms with Crippen LogP contribution in [-0.4, -0.2) is 18.3 Å². The van der Waals surface area contributed by atoms with Gasteiger partial charge in [0.1, 0.15) is 5.82 Å². The first kappa shape index (κ1) is 17.3. The number of halogens is 1. The van der Waals surface area contributed by atoms with Crippen LogP contribution < -0.4 is 0 Å². The Balaban J connectivity index is 2.02. The largest absolute Gasteiger partial charge is 0.396 e. The summed E-state index contributed by atoms with van der Waals surface area (Å²) in [5, 5.41) is 8.86. The Morgan fingerprint density at radius 1 is 0.800 bits per heavy atom. The zero-order chi connectivity index (χ0) is 17.5. The van der Waals surface area contributed by atoms with Gasteiger partial charge in [-0.1, -0.05) is 60.7 Å². The van der Waals surface area contributed by atoms with Crippen LogP contribution in [0.3, 0.4) is 0 Å². The Morgan fingerprint density at radius 2 is 1.44 bits per heavy atom. The molecule has 0 aromatic heterocycles. The second-order valence-corrected chi connectivity index (χ2v) is 5.85. The predicted octanol–water partition coefficient (Wildman–Crippen LogP) is 5.06. The third-order valence-electron chi connectivity index (χ3n) is 4.08. The second kappa shape index (κ2) is 8.56. The number of hydrogen-bond donors (Lipinski definition) is 1. The van der Waals surface area contributed by atoms with Gasteiger partial charge in [0.15, 0.2) is 0 Å². The molecule has 0 unspecified atom stereocenters. The molecule has 0 bridgehead atoms. The van der Waals surface area contributed by atoms with Gasteiger partial charge in [-0.05, 0) is 40.8 Å². The maximum atomic E-state index is 14.9. The number of aliphatic hydroxyl groups is 1. The van der Waals surface area contributed by atoms with E-state index in [-0.39, 0.29) is 19.0 Å². The minimum atomic E-state index is -0.274. The van der Waals surface area contributed by atoms with Crippen LogP contribution in [0.2, 0.25) is 0 Å². The fourth-order valence-corrected chi connectivity index (χ4v) is 2.80. The summed E-state index contributed by atoms with van der Waals surface area (Å²) in [5.41, 5.74) is 4.16. The fraction of sp³-hybridized carbons (Fsp3) is 0.182. The molecule has 3 heteroatoms. The lowest BCUT2D eigenvalue weighted by Gasteiger charge is -2.14. The van der Waals surface area contributed by atoms with E-state index in [1.165, 1.54) is 0 Å². The van der Waals surface area contributed by atoms with Gasteiger partial charge < -0.3 is 9.84 Å². The van der Waals surface area contributed by atoms with Gasteiger partial charge in [-0.2, -0.15) is 0 Å². The first-order valence-corrected chi connectivity index (χ1v) is 8.41. The molecule has 0 saturated carbocycles. The first-order chi connectivity index (χ1) is 12.3. The van der Waals surface area contributed by atoms with Gasteiger partial charge in [-0.15, -0.1) is 0 Å². The molecule has 0 heterocycles. The quantitative estimate of drug-likeness (QED) is 0.611. The average Bonchev–Trinajstić information content (AvgIpc) is 2.67. The molecule has 2 nitrogen and oxygen atoms in total. The summed E-state index contributed by atoms with van der Waals surface area (Å²) >= 11 is 0. The lowest BCUT2D eigenvalue weighted by molar-refractivity contribution is 0.102. The third kappa shape index (κ3) is 4.32. The Kier molecular flexibility index (Phi) is 5.94. The van der Waals surface area contributed by atoms with Gasteiger partial charge >= 0.3 is 0 Å². The van der Waals surface area contributed by atoms with Gasteiger partial charge in [0, 0.05) is 18.8 Å². The zero-order valence-corrected chi connectivity index (χ0v) is 14.0. The van der Waals surface area contributed by atoms with Crippen molar-refractivity contribution in [2.75, 3.05) is 13.2 Å². The zero-order valence-electron chi connectivity index (χ0n) is 14.0. The van der Waals surface area contributed by atoms with Gasteiger partial charge in [0.25, 0.3) is 0 Å². The van der Waals surface area contributed by atoms with Crippen molar-refractivity contribution in [3.8, 4) is 22.3 Å². The molecule has 0 aliphatic carbocycles. The summed E-state index contributed by atoms with van der Waals surface area (Å²) in [6.07, 6.45) is 0.546. The monoisotopic (exact) mass is 336 g/mol. The highest BCUT2D eigenvalue weighted by Gasteiger charge is 2.14. The summed E-state index contributed by atoms with van der Waals surface area (Å²) in [5.74, 6) is -0.274. The molecule has 0 fully saturated rings. The highest BCUT2D eigenvalue weighted by atomic mass is 19.1. The molecule has 1 N–H and O–H groups in total. The van der Waals surface area contributed by atoms with Crippen molar-refractivity contribution in [1.29, 1.82) is 0 Å². The summed E-state index contributed by atoms with van der Waals surface area (Å²) in [6.45, 7) is 0.663. The SMILES string of the molecule is OCCCOCc1c(F)cc(-c2ccccc2)cc1-c1ccccc1. The van der Waals surface area contributed by atoms with Crippen LogP contribution in [-0.2, 0) is 11.3 Å². The van der Waals surface area contributed by atoms with Crippen molar-refractivity contribution in [2.24, 2.45) is 0 Å². The van der Waals surface area contributed by atoms with Crippen molar-refractivity contribution in [1.82, 2.24) is 0 Å². The summed E-state index contributed by atoms with van der Waals surface area (Å²) in [7, 11) is 0. The van der Waals surface area contributed by atoms with Crippen molar-refractivity contribution in [2.45, 2.75) is 13.0 Å². The van der Waals surface area contributed by atoms with E-state index in [2.05, 4.69) is 0 Å². The molecule has 3 rings (SSSR count). The fourth-order valence-electron chi connectivity index (χ4n) is 2.80. The summed E-state index contributed by atoms with van der Waals surface area (Å²) in [4.78, 5) is 0. The molecule has 0 spiro atoms. The maximum Gasteiger partial charge on any atom is 0.129 e. The first-order valence-electron chi connectivity index (χ1n) is 8.41.